The Balaban J connectivity index is 2.09. The molecule has 0 spiro atoms. The van der Waals surface area contributed by atoms with E-state index in [9.17, 15) is 5.11 Å². The highest BCUT2D eigenvalue weighted by molar-refractivity contribution is 4.75. The van der Waals surface area contributed by atoms with Crippen molar-refractivity contribution in [2.24, 2.45) is 5.73 Å². The van der Waals surface area contributed by atoms with Crippen molar-refractivity contribution < 1.29 is 9.84 Å². The minimum absolute atomic E-state index is 0.350. The number of ether oxygens (including phenoxy) is 1. The first-order valence-corrected chi connectivity index (χ1v) is 6.75. The van der Waals surface area contributed by atoms with E-state index in [-0.39, 0.29) is 0 Å². The number of hydrogen-bond acceptors (Lipinski definition) is 4. The van der Waals surface area contributed by atoms with E-state index in [1.54, 1.807) is 0 Å². The summed E-state index contributed by atoms with van der Waals surface area (Å²) in [7, 11) is 2.19. The molecule has 0 aromatic heterocycles. The van der Waals surface area contributed by atoms with Gasteiger partial charge in [-0.05, 0) is 52.6 Å². The second-order valence-electron chi connectivity index (χ2n) is 5.48. The van der Waals surface area contributed by atoms with Gasteiger partial charge in [0.2, 0.25) is 0 Å². The minimum atomic E-state index is -0.683. The fourth-order valence-corrected chi connectivity index (χ4v) is 2.28. The molecule has 4 nitrogen and oxygen atoms in total. The first kappa shape index (κ1) is 14.9. The van der Waals surface area contributed by atoms with Crippen LogP contribution in [0.1, 0.15) is 39.0 Å². The number of aliphatic hydroxyl groups is 1. The summed E-state index contributed by atoms with van der Waals surface area (Å²) in [4.78, 5) is 2.43. The highest BCUT2D eigenvalue weighted by atomic mass is 16.5. The van der Waals surface area contributed by atoms with Crippen LogP contribution in [0.25, 0.3) is 0 Å². The Bertz CT molecular complexity index is 204. The van der Waals surface area contributed by atoms with E-state index < -0.39 is 5.60 Å². The van der Waals surface area contributed by atoms with E-state index in [1.165, 1.54) is 0 Å². The summed E-state index contributed by atoms with van der Waals surface area (Å²) < 4.78 is 5.36. The van der Waals surface area contributed by atoms with E-state index in [2.05, 4.69) is 11.9 Å². The molecule has 1 atom stereocenters. The zero-order valence-corrected chi connectivity index (χ0v) is 11.3. The van der Waals surface area contributed by atoms with Crippen LogP contribution in [0.15, 0.2) is 0 Å². The van der Waals surface area contributed by atoms with E-state index in [0.29, 0.717) is 12.6 Å². The highest BCUT2D eigenvalue weighted by Crippen LogP contribution is 2.15. The van der Waals surface area contributed by atoms with Crippen LogP contribution in [-0.4, -0.2) is 55.0 Å². The Kier molecular flexibility index (Phi) is 6.41. The summed E-state index contributed by atoms with van der Waals surface area (Å²) in [6.45, 7) is 5.07. The maximum atomic E-state index is 9.78. The second kappa shape index (κ2) is 7.31. The number of rotatable bonds is 7. The molecule has 1 rings (SSSR count). The van der Waals surface area contributed by atoms with Crippen molar-refractivity contribution in [2.75, 3.05) is 33.4 Å². The van der Waals surface area contributed by atoms with Gasteiger partial charge in [-0.3, -0.25) is 0 Å². The average Bonchev–Trinajstić information content (AvgIpc) is 2.35. The third-order valence-electron chi connectivity index (χ3n) is 3.73. The lowest BCUT2D eigenvalue weighted by molar-refractivity contribution is 0.0394. The van der Waals surface area contributed by atoms with Crippen LogP contribution in [0.4, 0.5) is 0 Å². The van der Waals surface area contributed by atoms with Gasteiger partial charge in [0.05, 0.1) is 5.60 Å². The van der Waals surface area contributed by atoms with Gasteiger partial charge in [0.25, 0.3) is 0 Å². The molecule has 0 radical (unpaired) electrons. The van der Waals surface area contributed by atoms with Crippen molar-refractivity contribution in [1.29, 1.82) is 0 Å². The van der Waals surface area contributed by atoms with Gasteiger partial charge in [0.15, 0.2) is 0 Å². The van der Waals surface area contributed by atoms with Crippen molar-refractivity contribution in [2.45, 2.75) is 50.7 Å². The monoisotopic (exact) mass is 244 g/mol. The van der Waals surface area contributed by atoms with Crippen LogP contribution in [0.5, 0.6) is 0 Å². The van der Waals surface area contributed by atoms with Crippen molar-refractivity contribution in [3.8, 4) is 0 Å². The van der Waals surface area contributed by atoms with Gasteiger partial charge in [-0.15, -0.1) is 0 Å². The molecule has 0 bridgehead atoms. The molecular weight excluding hydrogens is 216 g/mol. The van der Waals surface area contributed by atoms with E-state index >= 15 is 0 Å². The molecule has 1 aliphatic heterocycles. The molecule has 3 N–H and O–H groups in total. The van der Waals surface area contributed by atoms with Crippen LogP contribution < -0.4 is 5.73 Å². The lowest BCUT2D eigenvalue weighted by Gasteiger charge is -2.31. The quantitative estimate of drug-likeness (QED) is 0.655. The van der Waals surface area contributed by atoms with E-state index in [4.69, 9.17) is 10.5 Å². The molecule has 1 fully saturated rings. The summed E-state index contributed by atoms with van der Waals surface area (Å²) in [6, 6.07) is 0.679. The van der Waals surface area contributed by atoms with E-state index in [0.717, 1.165) is 51.9 Å². The lowest BCUT2D eigenvalue weighted by atomic mass is 9.99. The molecule has 0 aromatic carbocycles. The van der Waals surface area contributed by atoms with Crippen molar-refractivity contribution in [3.63, 3.8) is 0 Å². The molecular formula is C13H28N2O2. The Morgan fingerprint density at radius 1 is 1.35 bits per heavy atom. The fourth-order valence-electron chi connectivity index (χ4n) is 2.28. The topological polar surface area (TPSA) is 58.7 Å². The lowest BCUT2D eigenvalue weighted by Crippen LogP contribution is -2.37. The normalized spacial score (nSPS) is 21.7. The number of unbranched alkanes of at least 4 members (excludes halogenated alkanes) is 1. The molecule has 17 heavy (non-hydrogen) atoms. The Morgan fingerprint density at radius 2 is 2.00 bits per heavy atom. The number of hydrogen-bond donors (Lipinski definition) is 2. The Hall–Kier alpha value is -0.160. The molecule has 1 aliphatic rings. The van der Waals surface area contributed by atoms with Crippen molar-refractivity contribution in [1.82, 2.24) is 4.90 Å². The van der Waals surface area contributed by atoms with Gasteiger partial charge in [-0.1, -0.05) is 0 Å². The van der Waals surface area contributed by atoms with Gasteiger partial charge in [0, 0.05) is 25.8 Å². The third kappa shape index (κ3) is 5.82. The van der Waals surface area contributed by atoms with E-state index in [1.807, 2.05) is 6.92 Å². The molecule has 102 valence electrons. The number of nitrogens with zero attached hydrogens (tertiary/aromatic N) is 1. The molecule has 1 saturated heterocycles. The van der Waals surface area contributed by atoms with Crippen molar-refractivity contribution >= 4 is 0 Å². The first-order valence-electron chi connectivity index (χ1n) is 6.75. The maximum Gasteiger partial charge on any atom is 0.0741 e. The summed E-state index contributed by atoms with van der Waals surface area (Å²) in [5.74, 6) is 0. The maximum absolute atomic E-state index is 9.78. The largest absolute Gasteiger partial charge is 0.389 e. The third-order valence-corrected chi connectivity index (χ3v) is 3.73. The molecule has 0 saturated carbocycles. The predicted octanol–water partition coefficient (Wildman–Crippen LogP) is 0.977. The molecule has 1 unspecified atom stereocenters. The van der Waals surface area contributed by atoms with Crippen LogP contribution in [0, 0.1) is 0 Å². The Labute approximate surface area is 105 Å². The minimum Gasteiger partial charge on any atom is -0.389 e. The average molecular weight is 244 g/mol. The summed E-state index contributed by atoms with van der Waals surface area (Å²) >= 11 is 0. The zero-order chi connectivity index (χ0) is 12.7. The van der Waals surface area contributed by atoms with Gasteiger partial charge >= 0.3 is 0 Å². The standard InChI is InChI=1S/C13H28N2O2/c1-13(16,11-14)7-3-4-8-15(2)12-5-9-17-10-6-12/h12,16H,3-11,14H2,1-2H3. The SMILES string of the molecule is CN(CCCCC(C)(O)CN)C1CCOCC1. The second-order valence-corrected chi connectivity index (χ2v) is 5.48. The van der Waals surface area contributed by atoms with Crippen LogP contribution in [0.2, 0.25) is 0 Å². The van der Waals surface area contributed by atoms with Gasteiger partial charge in [-0.25, -0.2) is 0 Å². The predicted molar refractivity (Wildman–Crippen MR) is 70.0 cm³/mol. The first-order chi connectivity index (χ1) is 8.05. The van der Waals surface area contributed by atoms with Crippen molar-refractivity contribution in [3.05, 3.63) is 0 Å². The molecule has 4 heteroatoms. The summed E-state index contributed by atoms with van der Waals surface area (Å²) in [6.07, 6.45) is 5.26. The Morgan fingerprint density at radius 3 is 2.59 bits per heavy atom. The molecule has 1 heterocycles. The van der Waals surface area contributed by atoms with Gasteiger partial charge < -0.3 is 20.5 Å². The zero-order valence-electron chi connectivity index (χ0n) is 11.3. The summed E-state index contributed by atoms with van der Waals surface area (Å²) in [5, 5.41) is 9.78. The highest BCUT2D eigenvalue weighted by Gasteiger charge is 2.19. The van der Waals surface area contributed by atoms with Crippen LogP contribution in [-0.2, 0) is 4.74 Å². The van der Waals surface area contributed by atoms with Crippen LogP contribution >= 0.6 is 0 Å². The number of nitrogens with two attached hydrogens (primary N) is 1. The molecule has 0 aliphatic carbocycles. The molecule has 0 aromatic rings. The fraction of sp³-hybridized carbons (Fsp3) is 1.00. The summed E-state index contributed by atoms with van der Waals surface area (Å²) in [5.41, 5.74) is 4.81. The smallest absolute Gasteiger partial charge is 0.0741 e. The van der Waals surface area contributed by atoms with Gasteiger partial charge in [-0.2, -0.15) is 0 Å². The van der Waals surface area contributed by atoms with Gasteiger partial charge in [0.1, 0.15) is 0 Å². The van der Waals surface area contributed by atoms with Crippen LogP contribution in [0.3, 0.4) is 0 Å². The molecule has 0 amide bonds.